The molecule has 0 spiro atoms. The Morgan fingerprint density at radius 3 is 2.79 bits per heavy atom. The van der Waals surface area contributed by atoms with Crippen LogP contribution in [0.3, 0.4) is 0 Å². The second-order valence-corrected chi connectivity index (χ2v) is 4.51. The number of piperazine rings is 1. The van der Waals surface area contributed by atoms with E-state index in [0.29, 0.717) is 0 Å². The van der Waals surface area contributed by atoms with Crippen LogP contribution in [0, 0.1) is 0 Å². The van der Waals surface area contributed by atoms with Gasteiger partial charge in [0.25, 0.3) is 0 Å². The van der Waals surface area contributed by atoms with Crippen molar-refractivity contribution in [3.8, 4) is 0 Å². The maximum atomic E-state index is 11.8. The van der Waals surface area contributed by atoms with Gasteiger partial charge < -0.3 is 10.6 Å². The van der Waals surface area contributed by atoms with Crippen molar-refractivity contribution >= 4 is 5.91 Å². The number of rotatable bonds is 3. The molecular formula is C10H21N3O. The molecule has 4 nitrogen and oxygen atoms in total. The number of carbonyl (C=O) groups is 1. The van der Waals surface area contributed by atoms with E-state index in [1.807, 2.05) is 7.05 Å². The maximum Gasteiger partial charge on any atom is 0.239 e. The molecule has 0 saturated carbocycles. The smallest absolute Gasteiger partial charge is 0.239 e. The van der Waals surface area contributed by atoms with E-state index in [9.17, 15) is 4.79 Å². The fourth-order valence-corrected chi connectivity index (χ4v) is 1.99. The van der Waals surface area contributed by atoms with Crippen molar-refractivity contribution in [1.29, 1.82) is 0 Å². The van der Waals surface area contributed by atoms with Crippen molar-refractivity contribution in [1.82, 2.24) is 15.5 Å². The quantitative estimate of drug-likeness (QED) is 0.662. The molecule has 82 valence electrons. The summed E-state index contributed by atoms with van der Waals surface area (Å²) in [4.78, 5) is 14.0. The van der Waals surface area contributed by atoms with Crippen LogP contribution in [0.5, 0.6) is 0 Å². The number of hydrogen-bond acceptors (Lipinski definition) is 3. The van der Waals surface area contributed by atoms with Gasteiger partial charge in [0, 0.05) is 18.6 Å². The van der Waals surface area contributed by atoms with Gasteiger partial charge in [0.05, 0.1) is 0 Å². The summed E-state index contributed by atoms with van der Waals surface area (Å²) >= 11 is 0. The van der Waals surface area contributed by atoms with Crippen LogP contribution in [0.2, 0.25) is 0 Å². The van der Waals surface area contributed by atoms with Gasteiger partial charge >= 0.3 is 0 Å². The molecular weight excluding hydrogens is 178 g/mol. The summed E-state index contributed by atoms with van der Waals surface area (Å²) in [5.41, 5.74) is -0.0999. The first-order chi connectivity index (χ1) is 6.50. The second-order valence-electron chi connectivity index (χ2n) is 4.51. The summed E-state index contributed by atoms with van der Waals surface area (Å²) in [6, 6.07) is -0.0157. The summed E-state index contributed by atoms with van der Waals surface area (Å²) < 4.78 is 0. The standard InChI is InChI=1S/C10H21N3O/c1-5-13-7-10(2,3)12-9(14)8(13)6-11-4/h8,11H,5-7H2,1-4H3,(H,12,14). The number of nitrogens with one attached hydrogen (secondary N) is 2. The van der Waals surface area contributed by atoms with Crippen LogP contribution in [0.1, 0.15) is 20.8 Å². The van der Waals surface area contributed by atoms with Gasteiger partial charge in [-0.3, -0.25) is 9.69 Å². The molecule has 1 atom stereocenters. The average Bonchev–Trinajstić information content (AvgIpc) is 2.08. The molecule has 0 aromatic rings. The lowest BCUT2D eigenvalue weighted by atomic mass is 9.98. The first kappa shape index (κ1) is 11.5. The van der Waals surface area contributed by atoms with Crippen molar-refractivity contribution in [2.24, 2.45) is 0 Å². The van der Waals surface area contributed by atoms with Crippen LogP contribution in [-0.2, 0) is 4.79 Å². The topological polar surface area (TPSA) is 44.4 Å². The normalized spacial score (nSPS) is 27.4. The minimum absolute atomic E-state index is 0.0157. The highest BCUT2D eigenvalue weighted by Gasteiger charge is 2.36. The Bertz CT molecular complexity index is 215. The van der Waals surface area contributed by atoms with Crippen molar-refractivity contribution in [2.45, 2.75) is 32.4 Å². The van der Waals surface area contributed by atoms with Crippen molar-refractivity contribution in [3.05, 3.63) is 0 Å². The van der Waals surface area contributed by atoms with E-state index in [0.717, 1.165) is 19.6 Å². The summed E-state index contributed by atoms with van der Waals surface area (Å²) in [6.45, 7) is 8.77. The minimum atomic E-state index is -0.0999. The van der Waals surface area contributed by atoms with Crippen molar-refractivity contribution < 1.29 is 4.79 Å². The molecule has 1 heterocycles. The van der Waals surface area contributed by atoms with Gasteiger partial charge in [-0.2, -0.15) is 0 Å². The average molecular weight is 199 g/mol. The highest BCUT2D eigenvalue weighted by molar-refractivity contribution is 5.83. The third kappa shape index (κ3) is 2.45. The Hall–Kier alpha value is -0.610. The largest absolute Gasteiger partial charge is 0.349 e. The molecule has 1 saturated heterocycles. The number of carbonyl (C=O) groups excluding carboxylic acids is 1. The van der Waals surface area contributed by atoms with Crippen molar-refractivity contribution in [2.75, 3.05) is 26.7 Å². The third-order valence-corrected chi connectivity index (χ3v) is 2.61. The molecule has 1 amide bonds. The molecule has 1 aliphatic heterocycles. The lowest BCUT2D eigenvalue weighted by Gasteiger charge is -2.43. The van der Waals surface area contributed by atoms with Gasteiger partial charge in [-0.05, 0) is 27.4 Å². The van der Waals surface area contributed by atoms with Crippen LogP contribution in [0.4, 0.5) is 0 Å². The Morgan fingerprint density at radius 2 is 2.29 bits per heavy atom. The molecule has 1 aliphatic rings. The molecule has 1 unspecified atom stereocenters. The van der Waals surface area contributed by atoms with Gasteiger partial charge in [-0.1, -0.05) is 6.92 Å². The number of likely N-dealkylation sites (N-methyl/N-ethyl adjacent to an activating group) is 2. The van der Waals surface area contributed by atoms with Crippen LogP contribution in [0.25, 0.3) is 0 Å². The molecule has 0 aromatic carbocycles. The molecule has 0 aliphatic carbocycles. The predicted molar refractivity (Wildman–Crippen MR) is 57.2 cm³/mol. The highest BCUT2D eigenvalue weighted by atomic mass is 16.2. The van der Waals surface area contributed by atoms with Crippen LogP contribution < -0.4 is 10.6 Å². The molecule has 2 N–H and O–H groups in total. The maximum absolute atomic E-state index is 11.8. The van der Waals surface area contributed by atoms with Crippen molar-refractivity contribution in [3.63, 3.8) is 0 Å². The third-order valence-electron chi connectivity index (χ3n) is 2.61. The highest BCUT2D eigenvalue weighted by Crippen LogP contribution is 2.15. The van der Waals surface area contributed by atoms with E-state index in [4.69, 9.17) is 0 Å². The van der Waals surface area contributed by atoms with Gasteiger partial charge in [-0.15, -0.1) is 0 Å². The Balaban J connectivity index is 2.71. The number of hydrogen-bond donors (Lipinski definition) is 2. The van der Waals surface area contributed by atoms with Gasteiger partial charge in [0.15, 0.2) is 0 Å². The van der Waals surface area contributed by atoms with Gasteiger partial charge in [-0.25, -0.2) is 0 Å². The van der Waals surface area contributed by atoms with E-state index < -0.39 is 0 Å². The molecule has 0 radical (unpaired) electrons. The molecule has 1 fully saturated rings. The fourth-order valence-electron chi connectivity index (χ4n) is 1.99. The van der Waals surface area contributed by atoms with Crippen LogP contribution >= 0.6 is 0 Å². The Morgan fingerprint density at radius 1 is 1.64 bits per heavy atom. The van der Waals surface area contributed by atoms with Gasteiger partial charge in [0.2, 0.25) is 5.91 Å². The fraction of sp³-hybridized carbons (Fsp3) is 0.900. The van der Waals surface area contributed by atoms with E-state index >= 15 is 0 Å². The lowest BCUT2D eigenvalue weighted by molar-refractivity contribution is -0.132. The van der Waals surface area contributed by atoms with E-state index in [1.165, 1.54) is 0 Å². The second kappa shape index (κ2) is 4.28. The summed E-state index contributed by atoms with van der Waals surface area (Å²) in [5.74, 6) is 0.137. The van der Waals surface area contributed by atoms with Crippen LogP contribution in [0.15, 0.2) is 0 Å². The zero-order valence-corrected chi connectivity index (χ0v) is 9.55. The first-order valence-corrected chi connectivity index (χ1v) is 5.21. The van der Waals surface area contributed by atoms with Crippen LogP contribution in [-0.4, -0.2) is 49.1 Å². The summed E-state index contributed by atoms with van der Waals surface area (Å²) in [7, 11) is 1.88. The van der Waals surface area contributed by atoms with Gasteiger partial charge in [0.1, 0.15) is 6.04 Å². The predicted octanol–water partition coefficient (Wildman–Crippen LogP) is -0.195. The number of amides is 1. The first-order valence-electron chi connectivity index (χ1n) is 5.21. The minimum Gasteiger partial charge on any atom is -0.349 e. The molecule has 14 heavy (non-hydrogen) atoms. The molecule has 1 rings (SSSR count). The summed E-state index contributed by atoms with van der Waals surface area (Å²) in [5, 5.41) is 6.09. The molecule has 0 aromatic heterocycles. The SMILES string of the molecule is CCN1CC(C)(C)NC(=O)C1CNC. The summed E-state index contributed by atoms with van der Waals surface area (Å²) in [6.07, 6.45) is 0. The Labute approximate surface area is 86.0 Å². The molecule has 0 bridgehead atoms. The zero-order valence-electron chi connectivity index (χ0n) is 9.55. The van der Waals surface area contributed by atoms with E-state index in [1.54, 1.807) is 0 Å². The molecule has 4 heteroatoms. The number of nitrogens with zero attached hydrogens (tertiary/aromatic N) is 1. The monoisotopic (exact) mass is 199 g/mol. The Kier molecular flexibility index (Phi) is 3.50. The lowest BCUT2D eigenvalue weighted by Crippen LogP contribution is -2.66. The zero-order chi connectivity index (χ0) is 10.8. The van der Waals surface area contributed by atoms with E-state index in [2.05, 4.69) is 36.3 Å². The van der Waals surface area contributed by atoms with E-state index in [-0.39, 0.29) is 17.5 Å².